The fraction of sp³-hybridized carbons (Fsp3) is 0.0952. The Hall–Kier alpha value is -2.92. The van der Waals surface area contributed by atoms with Crippen LogP contribution < -0.4 is 14.8 Å². The average molecular weight is 365 g/mol. The van der Waals surface area contributed by atoms with E-state index in [1.54, 1.807) is 37.1 Å². The Bertz CT molecular complexity index is 880. The van der Waals surface area contributed by atoms with Crippen molar-refractivity contribution in [2.45, 2.75) is 4.90 Å². The molecule has 1 amide bonds. The maximum absolute atomic E-state index is 12.5. The van der Waals surface area contributed by atoms with Crippen molar-refractivity contribution in [3.05, 3.63) is 78.4 Å². The standard InChI is InChI=1S/C21H19NO3S/c1-24-20-14-18(26-2)12-13-19(20)21(23)22-15-8-10-17(11-9-15)25-16-6-4-3-5-7-16/h3-14H,1-2H3,(H,22,23). The molecule has 0 fully saturated rings. The number of rotatable bonds is 6. The van der Waals surface area contributed by atoms with E-state index < -0.39 is 0 Å². The van der Waals surface area contributed by atoms with Gasteiger partial charge in [0, 0.05) is 10.6 Å². The maximum Gasteiger partial charge on any atom is 0.259 e. The van der Waals surface area contributed by atoms with Gasteiger partial charge < -0.3 is 14.8 Å². The third-order valence-electron chi connectivity index (χ3n) is 3.74. The number of nitrogens with one attached hydrogen (secondary N) is 1. The van der Waals surface area contributed by atoms with E-state index in [-0.39, 0.29) is 5.91 Å². The van der Waals surface area contributed by atoms with Crippen molar-refractivity contribution in [3.63, 3.8) is 0 Å². The molecule has 4 nitrogen and oxygen atoms in total. The van der Waals surface area contributed by atoms with Gasteiger partial charge in [0.1, 0.15) is 17.2 Å². The lowest BCUT2D eigenvalue weighted by Crippen LogP contribution is -2.13. The number of benzene rings is 3. The van der Waals surface area contributed by atoms with Gasteiger partial charge in [-0.2, -0.15) is 0 Å². The highest BCUT2D eigenvalue weighted by Crippen LogP contribution is 2.27. The minimum absolute atomic E-state index is 0.216. The third-order valence-corrected chi connectivity index (χ3v) is 4.47. The van der Waals surface area contributed by atoms with Crippen molar-refractivity contribution in [3.8, 4) is 17.2 Å². The van der Waals surface area contributed by atoms with Crippen LogP contribution >= 0.6 is 11.8 Å². The summed E-state index contributed by atoms with van der Waals surface area (Å²) < 4.78 is 11.1. The number of amides is 1. The molecule has 0 aliphatic rings. The Morgan fingerprint density at radius 1 is 0.923 bits per heavy atom. The summed E-state index contributed by atoms with van der Waals surface area (Å²) in [7, 11) is 1.56. The van der Waals surface area contributed by atoms with Crippen LogP contribution in [0.5, 0.6) is 17.2 Å². The van der Waals surface area contributed by atoms with Gasteiger partial charge >= 0.3 is 0 Å². The van der Waals surface area contributed by atoms with E-state index in [1.165, 1.54) is 0 Å². The second-order valence-corrected chi connectivity index (χ2v) is 6.34. The number of hydrogen-bond donors (Lipinski definition) is 1. The molecule has 132 valence electrons. The van der Waals surface area contributed by atoms with Crippen molar-refractivity contribution in [2.24, 2.45) is 0 Å². The molecule has 0 unspecified atom stereocenters. The largest absolute Gasteiger partial charge is 0.496 e. The predicted molar refractivity (Wildman–Crippen MR) is 106 cm³/mol. The van der Waals surface area contributed by atoms with Crippen LogP contribution in [0.25, 0.3) is 0 Å². The quantitative estimate of drug-likeness (QED) is 0.589. The fourth-order valence-corrected chi connectivity index (χ4v) is 2.84. The second-order valence-electron chi connectivity index (χ2n) is 5.46. The van der Waals surface area contributed by atoms with Gasteiger partial charge in [0.15, 0.2) is 0 Å². The van der Waals surface area contributed by atoms with Crippen LogP contribution in [0, 0.1) is 0 Å². The molecule has 0 radical (unpaired) electrons. The molecule has 0 heterocycles. The Labute approximate surface area is 157 Å². The highest BCUT2D eigenvalue weighted by atomic mass is 32.2. The van der Waals surface area contributed by atoms with Crippen LogP contribution in [0.3, 0.4) is 0 Å². The number of ether oxygens (including phenoxy) is 2. The molecule has 3 rings (SSSR count). The van der Waals surface area contributed by atoms with Crippen LogP contribution in [-0.2, 0) is 0 Å². The minimum atomic E-state index is -0.216. The van der Waals surface area contributed by atoms with Crippen LogP contribution in [0.2, 0.25) is 0 Å². The Balaban J connectivity index is 1.70. The molecule has 26 heavy (non-hydrogen) atoms. The monoisotopic (exact) mass is 365 g/mol. The zero-order chi connectivity index (χ0) is 18.4. The first kappa shape index (κ1) is 17.9. The summed E-state index contributed by atoms with van der Waals surface area (Å²) >= 11 is 1.60. The molecule has 3 aromatic carbocycles. The predicted octanol–water partition coefficient (Wildman–Crippen LogP) is 5.46. The topological polar surface area (TPSA) is 47.6 Å². The van der Waals surface area contributed by atoms with E-state index >= 15 is 0 Å². The van der Waals surface area contributed by atoms with E-state index in [9.17, 15) is 4.79 Å². The molecule has 5 heteroatoms. The highest BCUT2D eigenvalue weighted by Gasteiger charge is 2.13. The van der Waals surface area contributed by atoms with Gasteiger partial charge in [0.25, 0.3) is 5.91 Å². The van der Waals surface area contributed by atoms with Crippen LogP contribution in [0.15, 0.2) is 77.7 Å². The summed E-state index contributed by atoms with van der Waals surface area (Å²) in [6.45, 7) is 0. The number of hydrogen-bond acceptors (Lipinski definition) is 4. The summed E-state index contributed by atoms with van der Waals surface area (Å²) in [6.07, 6.45) is 1.98. The molecule has 0 bridgehead atoms. The Morgan fingerprint density at radius 2 is 1.62 bits per heavy atom. The van der Waals surface area contributed by atoms with Crippen molar-refractivity contribution in [1.29, 1.82) is 0 Å². The molecule has 0 aromatic heterocycles. The van der Waals surface area contributed by atoms with Gasteiger partial charge in [0.05, 0.1) is 12.7 Å². The summed E-state index contributed by atoms with van der Waals surface area (Å²) in [4.78, 5) is 13.6. The molecule has 1 N–H and O–H groups in total. The minimum Gasteiger partial charge on any atom is -0.496 e. The first-order valence-corrected chi connectivity index (χ1v) is 9.28. The summed E-state index contributed by atoms with van der Waals surface area (Å²) in [6, 6.07) is 22.3. The number of methoxy groups -OCH3 is 1. The molecular weight excluding hydrogens is 346 g/mol. The normalized spacial score (nSPS) is 10.2. The van der Waals surface area contributed by atoms with Crippen LogP contribution in [-0.4, -0.2) is 19.3 Å². The smallest absolute Gasteiger partial charge is 0.259 e. The van der Waals surface area contributed by atoms with E-state index in [0.717, 1.165) is 10.6 Å². The lowest BCUT2D eigenvalue weighted by atomic mass is 10.2. The van der Waals surface area contributed by atoms with E-state index in [2.05, 4.69) is 5.32 Å². The van der Waals surface area contributed by atoms with E-state index in [1.807, 2.05) is 60.9 Å². The van der Waals surface area contributed by atoms with Gasteiger partial charge in [-0.05, 0) is 60.9 Å². The lowest BCUT2D eigenvalue weighted by Gasteiger charge is -2.11. The van der Waals surface area contributed by atoms with Gasteiger partial charge in [-0.3, -0.25) is 4.79 Å². The first-order valence-electron chi connectivity index (χ1n) is 8.06. The second kappa shape index (κ2) is 8.45. The van der Waals surface area contributed by atoms with Gasteiger partial charge in [-0.1, -0.05) is 18.2 Å². The molecule has 0 saturated heterocycles. The molecule has 0 spiro atoms. The van der Waals surface area contributed by atoms with Gasteiger partial charge in [0.2, 0.25) is 0 Å². The van der Waals surface area contributed by atoms with E-state index in [0.29, 0.717) is 22.7 Å². The van der Waals surface area contributed by atoms with Crippen molar-refractivity contribution >= 4 is 23.4 Å². The molecule has 0 aliphatic carbocycles. The highest BCUT2D eigenvalue weighted by molar-refractivity contribution is 7.98. The van der Waals surface area contributed by atoms with Crippen molar-refractivity contribution in [1.82, 2.24) is 0 Å². The average Bonchev–Trinajstić information content (AvgIpc) is 2.69. The summed E-state index contributed by atoms with van der Waals surface area (Å²) in [5, 5.41) is 2.88. The van der Waals surface area contributed by atoms with Crippen molar-refractivity contribution in [2.75, 3.05) is 18.7 Å². The number of thioether (sulfide) groups is 1. The summed E-state index contributed by atoms with van der Waals surface area (Å²) in [5.74, 6) is 1.81. The molecular formula is C21H19NO3S. The molecule has 3 aromatic rings. The Kier molecular flexibility index (Phi) is 5.81. The Morgan fingerprint density at radius 3 is 2.27 bits per heavy atom. The fourth-order valence-electron chi connectivity index (χ4n) is 2.42. The zero-order valence-corrected chi connectivity index (χ0v) is 15.4. The maximum atomic E-state index is 12.5. The van der Waals surface area contributed by atoms with Crippen molar-refractivity contribution < 1.29 is 14.3 Å². The molecule has 0 aliphatic heterocycles. The number of para-hydroxylation sites is 1. The zero-order valence-electron chi connectivity index (χ0n) is 14.6. The SMILES string of the molecule is COc1cc(SC)ccc1C(=O)Nc1ccc(Oc2ccccc2)cc1. The molecule has 0 saturated carbocycles. The number of anilines is 1. The van der Waals surface area contributed by atoms with Crippen LogP contribution in [0.1, 0.15) is 10.4 Å². The number of carbonyl (C=O) groups is 1. The lowest BCUT2D eigenvalue weighted by molar-refractivity contribution is 0.102. The van der Waals surface area contributed by atoms with Crippen LogP contribution in [0.4, 0.5) is 5.69 Å². The van der Waals surface area contributed by atoms with Gasteiger partial charge in [-0.15, -0.1) is 11.8 Å². The third kappa shape index (κ3) is 4.37. The van der Waals surface area contributed by atoms with Gasteiger partial charge in [-0.25, -0.2) is 0 Å². The number of carbonyl (C=O) groups excluding carboxylic acids is 1. The molecule has 0 atom stereocenters. The summed E-state index contributed by atoms with van der Waals surface area (Å²) in [5.41, 5.74) is 1.18. The first-order chi connectivity index (χ1) is 12.7. The van der Waals surface area contributed by atoms with E-state index in [4.69, 9.17) is 9.47 Å².